The number of ether oxygens (including phenoxy) is 1. The van der Waals surface area contributed by atoms with Gasteiger partial charge in [0.1, 0.15) is 11.6 Å². The number of hydrogen-bond donors (Lipinski definition) is 0. The Morgan fingerprint density at radius 3 is 2.52 bits per heavy atom. The minimum Gasteiger partial charge on any atom is -0.460 e. The quantitative estimate of drug-likeness (QED) is 0.765. The van der Waals surface area contributed by atoms with Crippen molar-refractivity contribution >= 4 is 15.8 Å². The number of aromatic nitrogens is 3. The Hall–Kier alpha value is -2.22. The molecular formula is C13H15N3O4S. The van der Waals surface area contributed by atoms with Crippen molar-refractivity contribution in [1.29, 1.82) is 0 Å². The third-order valence-electron chi connectivity index (χ3n) is 2.52. The summed E-state index contributed by atoms with van der Waals surface area (Å²) < 4.78 is 29.2. The Labute approximate surface area is 122 Å². The first-order valence-corrected chi connectivity index (χ1v) is 8.33. The van der Waals surface area contributed by atoms with Crippen LogP contribution in [0.5, 0.6) is 0 Å². The summed E-state index contributed by atoms with van der Waals surface area (Å²) in [6, 6.07) is 8.88. The van der Waals surface area contributed by atoms with E-state index < -0.39 is 15.8 Å². The molecule has 0 fully saturated rings. The Kier molecular flexibility index (Phi) is 4.37. The van der Waals surface area contributed by atoms with Crippen molar-refractivity contribution in [3.05, 3.63) is 42.0 Å². The molecular weight excluding hydrogens is 294 g/mol. The van der Waals surface area contributed by atoms with Gasteiger partial charge in [0.25, 0.3) is 5.82 Å². The largest absolute Gasteiger partial charge is 0.460 e. The second kappa shape index (κ2) is 6.04. The van der Waals surface area contributed by atoms with Crippen LogP contribution in [-0.4, -0.2) is 42.0 Å². The lowest BCUT2D eigenvalue weighted by molar-refractivity contribution is 0.0512. The fourth-order valence-corrected chi connectivity index (χ4v) is 2.39. The summed E-state index contributed by atoms with van der Waals surface area (Å²) in [5.41, 5.74) is 0.624. The van der Waals surface area contributed by atoms with E-state index in [1.807, 2.05) is 6.07 Å². The highest BCUT2D eigenvalue weighted by Crippen LogP contribution is 2.12. The number of carbonyl (C=O) groups is 1. The van der Waals surface area contributed by atoms with Crippen LogP contribution in [0.2, 0.25) is 0 Å². The number of para-hydroxylation sites is 1. The SMILES string of the molecule is CCOC(=O)c1nc(CS(C)(=O)=O)n(-c2ccccc2)n1. The van der Waals surface area contributed by atoms with Gasteiger partial charge in [0.15, 0.2) is 9.84 Å². The van der Waals surface area contributed by atoms with Crippen molar-refractivity contribution < 1.29 is 17.9 Å². The molecule has 0 spiro atoms. The van der Waals surface area contributed by atoms with Crippen molar-refractivity contribution in [2.24, 2.45) is 0 Å². The first kappa shape index (κ1) is 15.2. The van der Waals surface area contributed by atoms with E-state index in [2.05, 4.69) is 10.1 Å². The normalized spacial score (nSPS) is 11.3. The molecule has 0 aliphatic rings. The number of rotatable bonds is 5. The van der Waals surface area contributed by atoms with Crippen LogP contribution in [0.3, 0.4) is 0 Å². The van der Waals surface area contributed by atoms with Gasteiger partial charge < -0.3 is 4.74 Å². The Bertz CT molecular complexity index is 738. The van der Waals surface area contributed by atoms with Crippen molar-refractivity contribution in [1.82, 2.24) is 14.8 Å². The van der Waals surface area contributed by atoms with Crippen LogP contribution in [0.4, 0.5) is 0 Å². The molecule has 1 aromatic carbocycles. The predicted molar refractivity (Wildman–Crippen MR) is 75.9 cm³/mol. The molecule has 0 aliphatic carbocycles. The molecule has 2 rings (SSSR count). The maximum atomic E-state index is 11.7. The van der Waals surface area contributed by atoms with E-state index in [1.54, 1.807) is 31.2 Å². The molecule has 0 aliphatic heterocycles. The molecule has 7 nitrogen and oxygen atoms in total. The molecule has 0 saturated carbocycles. The topological polar surface area (TPSA) is 91.1 Å². The molecule has 0 atom stereocenters. The molecule has 8 heteroatoms. The lowest BCUT2D eigenvalue weighted by atomic mass is 10.3. The average Bonchev–Trinajstić information content (AvgIpc) is 2.82. The van der Waals surface area contributed by atoms with Gasteiger partial charge in [-0.25, -0.2) is 22.9 Å². The lowest BCUT2D eigenvalue weighted by Gasteiger charge is -2.04. The highest BCUT2D eigenvalue weighted by atomic mass is 32.2. The number of nitrogens with zero attached hydrogens (tertiary/aromatic N) is 3. The lowest BCUT2D eigenvalue weighted by Crippen LogP contribution is -2.09. The zero-order valence-corrected chi connectivity index (χ0v) is 12.5. The van der Waals surface area contributed by atoms with Gasteiger partial charge >= 0.3 is 5.97 Å². The maximum Gasteiger partial charge on any atom is 0.378 e. The van der Waals surface area contributed by atoms with Crippen LogP contribution in [0, 0.1) is 0 Å². The van der Waals surface area contributed by atoms with Crippen LogP contribution in [-0.2, 0) is 20.3 Å². The summed E-state index contributed by atoms with van der Waals surface area (Å²) in [5, 5.41) is 4.05. The molecule has 0 N–H and O–H groups in total. The van der Waals surface area contributed by atoms with Gasteiger partial charge in [-0.3, -0.25) is 0 Å². The van der Waals surface area contributed by atoms with Crippen molar-refractivity contribution in [2.45, 2.75) is 12.7 Å². The Morgan fingerprint density at radius 2 is 1.95 bits per heavy atom. The highest BCUT2D eigenvalue weighted by molar-refractivity contribution is 7.89. The van der Waals surface area contributed by atoms with Crippen LogP contribution < -0.4 is 0 Å². The van der Waals surface area contributed by atoms with Gasteiger partial charge in [0.2, 0.25) is 0 Å². The summed E-state index contributed by atoms with van der Waals surface area (Å²) in [4.78, 5) is 15.7. The third kappa shape index (κ3) is 3.88. The predicted octanol–water partition coefficient (Wildman–Crippen LogP) is 0.989. The van der Waals surface area contributed by atoms with E-state index in [0.717, 1.165) is 6.26 Å². The smallest absolute Gasteiger partial charge is 0.378 e. The number of benzene rings is 1. The monoisotopic (exact) mass is 309 g/mol. The van der Waals surface area contributed by atoms with Crippen molar-refractivity contribution in [3.63, 3.8) is 0 Å². The molecule has 0 saturated heterocycles. The van der Waals surface area contributed by atoms with Gasteiger partial charge in [-0.05, 0) is 19.1 Å². The van der Waals surface area contributed by atoms with Gasteiger partial charge in [-0.2, -0.15) is 0 Å². The second-order valence-electron chi connectivity index (χ2n) is 4.39. The van der Waals surface area contributed by atoms with Crippen LogP contribution in [0.1, 0.15) is 23.4 Å². The molecule has 1 aromatic heterocycles. The minimum absolute atomic E-state index is 0.153. The Balaban J connectivity index is 2.48. The first-order chi connectivity index (χ1) is 9.90. The minimum atomic E-state index is -3.31. The van der Waals surface area contributed by atoms with Crippen molar-refractivity contribution in [3.8, 4) is 5.69 Å². The average molecular weight is 309 g/mol. The fraction of sp³-hybridized carbons (Fsp3) is 0.308. The van der Waals surface area contributed by atoms with E-state index in [1.165, 1.54) is 4.68 Å². The van der Waals surface area contributed by atoms with E-state index in [4.69, 9.17) is 4.74 Å². The van der Waals surface area contributed by atoms with Crippen LogP contribution >= 0.6 is 0 Å². The van der Waals surface area contributed by atoms with Gasteiger partial charge in [-0.1, -0.05) is 18.2 Å². The van der Waals surface area contributed by atoms with Crippen LogP contribution in [0.25, 0.3) is 5.69 Å². The van der Waals surface area contributed by atoms with E-state index in [0.29, 0.717) is 5.69 Å². The van der Waals surface area contributed by atoms with Crippen molar-refractivity contribution in [2.75, 3.05) is 12.9 Å². The summed E-state index contributed by atoms with van der Waals surface area (Å²) in [7, 11) is -3.31. The zero-order chi connectivity index (χ0) is 15.5. The van der Waals surface area contributed by atoms with E-state index >= 15 is 0 Å². The maximum absolute atomic E-state index is 11.7. The highest BCUT2D eigenvalue weighted by Gasteiger charge is 2.20. The Morgan fingerprint density at radius 1 is 1.29 bits per heavy atom. The summed E-state index contributed by atoms with van der Waals surface area (Å²) in [5.74, 6) is -0.970. The number of esters is 1. The van der Waals surface area contributed by atoms with Gasteiger partial charge in [0.05, 0.1) is 12.3 Å². The molecule has 2 aromatic rings. The molecule has 0 bridgehead atoms. The van der Waals surface area contributed by atoms with Crippen LogP contribution in [0.15, 0.2) is 30.3 Å². The van der Waals surface area contributed by atoms with Gasteiger partial charge in [-0.15, -0.1) is 5.10 Å². The second-order valence-corrected chi connectivity index (χ2v) is 6.53. The van der Waals surface area contributed by atoms with Gasteiger partial charge in [0, 0.05) is 6.26 Å². The number of sulfone groups is 1. The fourth-order valence-electron chi connectivity index (χ4n) is 1.73. The third-order valence-corrected chi connectivity index (χ3v) is 3.31. The standard InChI is InChI=1S/C13H15N3O4S/c1-3-20-13(17)12-14-11(9-21(2,18)19)16(15-12)10-7-5-4-6-8-10/h4-8H,3,9H2,1-2H3. The summed E-state index contributed by atoms with van der Waals surface area (Å²) in [6.07, 6.45) is 1.10. The molecule has 0 amide bonds. The molecule has 0 unspecified atom stereocenters. The number of carbonyl (C=O) groups excluding carboxylic acids is 1. The summed E-state index contributed by atoms with van der Waals surface area (Å²) in [6.45, 7) is 1.86. The first-order valence-electron chi connectivity index (χ1n) is 6.27. The zero-order valence-electron chi connectivity index (χ0n) is 11.7. The number of hydrogen-bond acceptors (Lipinski definition) is 6. The molecule has 1 heterocycles. The molecule has 21 heavy (non-hydrogen) atoms. The molecule has 0 radical (unpaired) electrons. The molecule has 112 valence electrons. The summed E-state index contributed by atoms with van der Waals surface area (Å²) >= 11 is 0. The van der Waals surface area contributed by atoms with E-state index in [-0.39, 0.29) is 24.0 Å². The van der Waals surface area contributed by atoms with E-state index in [9.17, 15) is 13.2 Å².